The molecule has 0 bridgehead atoms. The molecule has 2 rings (SSSR count). The lowest BCUT2D eigenvalue weighted by atomic mass is 10.1. The van der Waals surface area contributed by atoms with Crippen LogP contribution in [0.3, 0.4) is 0 Å². The van der Waals surface area contributed by atoms with Crippen LogP contribution in [0.4, 0.5) is 10.5 Å². The van der Waals surface area contributed by atoms with Gasteiger partial charge in [0.25, 0.3) is 0 Å². The summed E-state index contributed by atoms with van der Waals surface area (Å²) in [6.45, 7) is 0.975. The highest BCUT2D eigenvalue weighted by molar-refractivity contribution is 6.33. The Morgan fingerprint density at radius 1 is 1.45 bits per heavy atom. The van der Waals surface area contributed by atoms with Crippen molar-refractivity contribution in [1.29, 1.82) is 0 Å². The number of hydrogen-bond acceptors (Lipinski definition) is 3. The molecular weight excluding hydrogens is 284 g/mol. The van der Waals surface area contributed by atoms with E-state index in [-0.39, 0.29) is 19.1 Å². The molecule has 0 spiro atoms. The van der Waals surface area contributed by atoms with E-state index in [4.69, 9.17) is 21.4 Å². The van der Waals surface area contributed by atoms with E-state index in [1.165, 1.54) is 4.90 Å². The number of nitrogens with one attached hydrogen (secondary N) is 1. The molecule has 0 aromatic heterocycles. The van der Waals surface area contributed by atoms with Crippen molar-refractivity contribution in [2.75, 3.05) is 25.1 Å². The summed E-state index contributed by atoms with van der Waals surface area (Å²) in [5.74, 6) is -0.962. The summed E-state index contributed by atoms with van der Waals surface area (Å²) < 4.78 is 5.23. The minimum absolute atomic E-state index is 0.143. The first kappa shape index (κ1) is 14.6. The Balaban J connectivity index is 2.06. The molecule has 1 saturated heterocycles. The first-order chi connectivity index (χ1) is 9.58. The van der Waals surface area contributed by atoms with Crippen LogP contribution in [-0.2, 0) is 9.53 Å². The number of nitrogens with zero attached hydrogens (tertiary/aromatic N) is 1. The molecule has 7 heteroatoms. The van der Waals surface area contributed by atoms with Gasteiger partial charge < -0.3 is 20.1 Å². The number of para-hydroxylation sites is 1. The smallest absolute Gasteiger partial charge is 0.322 e. The highest BCUT2D eigenvalue weighted by Gasteiger charge is 2.29. The minimum atomic E-state index is -0.962. The molecule has 1 aromatic carbocycles. The van der Waals surface area contributed by atoms with Crippen molar-refractivity contribution in [2.24, 2.45) is 0 Å². The Morgan fingerprint density at radius 3 is 2.90 bits per heavy atom. The summed E-state index contributed by atoms with van der Waals surface area (Å²) in [5.41, 5.74) is 0.500. The number of carbonyl (C=O) groups excluding carboxylic acids is 1. The Kier molecular flexibility index (Phi) is 4.81. The van der Waals surface area contributed by atoms with Gasteiger partial charge in [-0.3, -0.25) is 4.79 Å². The number of benzene rings is 1. The number of amides is 2. The second-order valence-electron chi connectivity index (χ2n) is 4.43. The number of hydrogen-bond donors (Lipinski definition) is 2. The van der Waals surface area contributed by atoms with Crippen LogP contribution in [0.15, 0.2) is 24.3 Å². The number of carbonyl (C=O) groups is 2. The van der Waals surface area contributed by atoms with Crippen molar-refractivity contribution in [3.63, 3.8) is 0 Å². The molecule has 108 valence electrons. The number of morpholine rings is 1. The lowest BCUT2D eigenvalue weighted by Crippen LogP contribution is -2.51. The average Bonchev–Trinajstić information content (AvgIpc) is 2.41. The molecule has 1 fully saturated rings. The number of rotatable bonds is 3. The summed E-state index contributed by atoms with van der Waals surface area (Å²) in [7, 11) is 0. The highest BCUT2D eigenvalue weighted by atomic mass is 35.5. The van der Waals surface area contributed by atoms with Gasteiger partial charge >= 0.3 is 12.0 Å². The Morgan fingerprint density at radius 2 is 2.20 bits per heavy atom. The quantitative estimate of drug-likeness (QED) is 0.895. The van der Waals surface area contributed by atoms with Crippen LogP contribution in [0, 0.1) is 0 Å². The molecule has 1 atom stereocenters. The number of urea groups is 1. The molecule has 0 aliphatic carbocycles. The second-order valence-corrected chi connectivity index (χ2v) is 4.84. The van der Waals surface area contributed by atoms with Gasteiger partial charge in [0.1, 0.15) is 0 Å². The summed E-state index contributed by atoms with van der Waals surface area (Å²) in [4.78, 5) is 24.5. The number of ether oxygens (including phenoxy) is 1. The maximum Gasteiger partial charge on any atom is 0.322 e. The minimum Gasteiger partial charge on any atom is -0.481 e. The SMILES string of the molecule is O=C(O)CC1COCCN1C(=O)Nc1ccccc1Cl. The largest absolute Gasteiger partial charge is 0.481 e. The van der Waals surface area contributed by atoms with E-state index < -0.39 is 12.0 Å². The van der Waals surface area contributed by atoms with Crippen molar-refractivity contribution < 1.29 is 19.4 Å². The molecule has 0 saturated carbocycles. The third-order valence-electron chi connectivity index (χ3n) is 3.01. The molecule has 1 unspecified atom stereocenters. The predicted octanol–water partition coefficient (Wildman–Crippen LogP) is 2.05. The van der Waals surface area contributed by atoms with Gasteiger partial charge in [-0.1, -0.05) is 23.7 Å². The van der Waals surface area contributed by atoms with Crippen molar-refractivity contribution in [2.45, 2.75) is 12.5 Å². The number of carboxylic acids is 1. The maximum atomic E-state index is 12.2. The zero-order valence-corrected chi connectivity index (χ0v) is 11.5. The van der Waals surface area contributed by atoms with Crippen molar-refractivity contribution in [3.8, 4) is 0 Å². The molecule has 2 N–H and O–H groups in total. The lowest BCUT2D eigenvalue weighted by molar-refractivity contribution is -0.139. The van der Waals surface area contributed by atoms with Gasteiger partial charge in [0.05, 0.1) is 36.4 Å². The van der Waals surface area contributed by atoms with Gasteiger partial charge in [-0.05, 0) is 12.1 Å². The molecule has 1 aliphatic rings. The van der Waals surface area contributed by atoms with Gasteiger partial charge in [0.15, 0.2) is 0 Å². The Bertz CT molecular complexity index is 509. The van der Waals surface area contributed by atoms with Crippen molar-refractivity contribution in [1.82, 2.24) is 4.90 Å². The molecule has 2 amide bonds. The van der Waals surface area contributed by atoms with Gasteiger partial charge in [-0.15, -0.1) is 0 Å². The normalized spacial score (nSPS) is 18.6. The van der Waals surface area contributed by atoms with Crippen LogP contribution < -0.4 is 5.32 Å². The Labute approximate surface area is 121 Å². The summed E-state index contributed by atoms with van der Waals surface area (Å²) in [6, 6.07) is 6.05. The molecule has 0 radical (unpaired) electrons. The fourth-order valence-corrected chi connectivity index (χ4v) is 2.23. The molecule has 6 nitrogen and oxygen atoms in total. The molecule has 1 heterocycles. The third kappa shape index (κ3) is 3.61. The molecule has 1 aliphatic heterocycles. The second kappa shape index (κ2) is 6.58. The van der Waals surface area contributed by atoms with E-state index in [0.717, 1.165) is 0 Å². The maximum absolute atomic E-state index is 12.2. The van der Waals surface area contributed by atoms with Crippen LogP contribution in [-0.4, -0.2) is 47.8 Å². The van der Waals surface area contributed by atoms with Gasteiger partial charge in [-0.2, -0.15) is 0 Å². The van der Waals surface area contributed by atoms with E-state index in [2.05, 4.69) is 5.32 Å². The zero-order valence-electron chi connectivity index (χ0n) is 10.7. The average molecular weight is 299 g/mol. The van der Waals surface area contributed by atoms with Crippen LogP contribution in [0.25, 0.3) is 0 Å². The van der Waals surface area contributed by atoms with Crippen LogP contribution in [0.1, 0.15) is 6.42 Å². The van der Waals surface area contributed by atoms with Crippen LogP contribution in [0.5, 0.6) is 0 Å². The van der Waals surface area contributed by atoms with Crippen LogP contribution >= 0.6 is 11.6 Å². The summed E-state index contributed by atoms with van der Waals surface area (Å²) in [5, 5.41) is 12.0. The van der Waals surface area contributed by atoms with Crippen molar-refractivity contribution >= 4 is 29.3 Å². The Hall–Kier alpha value is -1.79. The van der Waals surface area contributed by atoms with E-state index in [9.17, 15) is 9.59 Å². The van der Waals surface area contributed by atoms with Gasteiger partial charge in [0, 0.05) is 6.54 Å². The summed E-state index contributed by atoms with van der Waals surface area (Å²) in [6.07, 6.45) is -0.143. The van der Waals surface area contributed by atoms with E-state index in [1.807, 2.05) is 0 Å². The number of anilines is 1. The van der Waals surface area contributed by atoms with Gasteiger partial charge in [-0.25, -0.2) is 4.79 Å². The third-order valence-corrected chi connectivity index (χ3v) is 3.34. The first-order valence-electron chi connectivity index (χ1n) is 6.19. The number of carboxylic acid groups (broad SMARTS) is 1. The molecule has 20 heavy (non-hydrogen) atoms. The first-order valence-corrected chi connectivity index (χ1v) is 6.57. The number of halogens is 1. The lowest BCUT2D eigenvalue weighted by Gasteiger charge is -2.34. The molecular formula is C13H15ClN2O4. The fraction of sp³-hybridized carbons (Fsp3) is 0.385. The number of aliphatic carboxylic acids is 1. The molecule has 1 aromatic rings. The van der Waals surface area contributed by atoms with Gasteiger partial charge in [0.2, 0.25) is 0 Å². The topological polar surface area (TPSA) is 78.9 Å². The van der Waals surface area contributed by atoms with E-state index in [1.54, 1.807) is 24.3 Å². The predicted molar refractivity (Wildman–Crippen MR) is 74.0 cm³/mol. The van der Waals surface area contributed by atoms with E-state index >= 15 is 0 Å². The van der Waals surface area contributed by atoms with E-state index in [0.29, 0.717) is 23.9 Å². The monoisotopic (exact) mass is 298 g/mol. The van der Waals surface area contributed by atoms with Crippen LogP contribution in [0.2, 0.25) is 5.02 Å². The van der Waals surface area contributed by atoms with Crippen molar-refractivity contribution in [3.05, 3.63) is 29.3 Å². The standard InChI is InChI=1S/C13H15ClN2O4/c14-10-3-1-2-4-11(10)15-13(19)16-5-6-20-8-9(16)7-12(17)18/h1-4,9H,5-8H2,(H,15,19)(H,17,18). The fourth-order valence-electron chi connectivity index (χ4n) is 2.04. The highest BCUT2D eigenvalue weighted by Crippen LogP contribution is 2.22. The zero-order chi connectivity index (χ0) is 14.5. The summed E-state index contributed by atoms with van der Waals surface area (Å²) >= 11 is 5.98.